The van der Waals surface area contributed by atoms with Crippen LogP contribution >= 0.6 is 11.3 Å². The van der Waals surface area contributed by atoms with Crippen molar-refractivity contribution in [3.63, 3.8) is 0 Å². The quantitative estimate of drug-likeness (QED) is 0.374. The summed E-state index contributed by atoms with van der Waals surface area (Å²) in [5.74, 6) is 0.143. The van der Waals surface area contributed by atoms with E-state index >= 15 is 0 Å². The number of rotatable bonds is 6. The molecule has 0 saturated carbocycles. The van der Waals surface area contributed by atoms with Gasteiger partial charge in [-0.3, -0.25) is 10.1 Å². The van der Waals surface area contributed by atoms with Crippen molar-refractivity contribution in [2.75, 3.05) is 19.0 Å². The van der Waals surface area contributed by atoms with Crippen LogP contribution in [-0.4, -0.2) is 30.6 Å². The zero-order valence-corrected chi connectivity index (χ0v) is 19.9. The number of fused-ring (bicyclic) bond motifs is 1. The molecule has 170 valence electrons. The summed E-state index contributed by atoms with van der Waals surface area (Å²) in [5.41, 5.74) is 4.54. The van der Waals surface area contributed by atoms with Crippen molar-refractivity contribution in [2.24, 2.45) is 0 Å². The number of aromatic nitrogens is 1. The molecule has 0 bridgehead atoms. The minimum atomic E-state index is -0.562. The number of carbonyl (C=O) groups excluding carboxylic acids is 2. The van der Waals surface area contributed by atoms with Crippen molar-refractivity contribution >= 4 is 39.3 Å². The molecule has 0 aliphatic carbocycles. The third-order valence-electron chi connectivity index (χ3n) is 5.36. The van der Waals surface area contributed by atoms with E-state index in [1.165, 1.54) is 18.4 Å². The first-order valence-corrected chi connectivity index (χ1v) is 11.2. The summed E-state index contributed by atoms with van der Waals surface area (Å²) in [6, 6.07) is 11.6. The number of ether oxygens (including phenoxy) is 2. The lowest BCUT2D eigenvalue weighted by Gasteiger charge is -2.12. The number of amides is 1. The smallest absolute Gasteiger partial charge is 0.342 e. The molecule has 4 aromatic rings. The molecule has 33 heavy (non-hydrogen) atoms. The van der Waals surface area contributed by atoms with Crippen LogP contribution < -0.4 is 10.1 Å². The zero-order chi connectivity index (χ0) is 23.7. The van der Waals surface area contributed by atoms with Gasteiger partial charge in [0.25, 0.3) is 5.91 Å². The summed E-state index contributed by atoms with van der Waals surface area (Å²) < 4.78 is 17.5. The first kappa shape index (κ1) is 22.5. The minimum absolute atomic E-state index is 0.137. The van der Waals surface area contributed by atoms with Crippen molar-refractivity contribution < 1.29 is 23.5 Å². The Morgan fingerprint density at radius 3 is 2.61 bits per heavy atom. The van der Waals surface area contributed by atoms with Gasteiger partial charge >= 0.3 is 5.97 Å². The lowest BCUT2D eigenvalue weighted by molar-refractivity contribution is -0.118. The van der Waals surface area contributed by atoms with Gasteiger partial charge in [0, 0.05) is 0 Å². The molecule has 0 unspecified atom stereocenters. The Balaban J connectivity index is 1.65. The summed E-state index contributed by atoms with van der Waals surface area (Å²) in [7, 11) is 1.30. The number of nitrogens with zero attached hydrogens (tertiary/aromatic N) is 1. The number of hydrogen-bond donors (Lipinski definition) is 1. The Kier molecular flexibility index (Phi) is 6.20. The number of esters is 1. The first-order chi connectivity index (χ1) is 15.8. The maximum atomic E-state index is 12.8. The van der Waals surface area contributed by atoms with Crippen LogP contribution in [0.5, 0.6) is 5.75 Å². The molecule has 0 fully saturated rings. The third kappa shape index (κ3) is 4.47. The summed E-state index contributed by atoms with van der Waals surface area (Å²) in [4.78, 5) is 29.9. The second-order valence-corrected chi connectivity index (χ2v) is 8.79. The maximum absolute atomic E-state index is 12.8. The molecule has 2 heterocycles. The molecular weight excluding hydrogens is 440 g/mol. The summed E-state index contributed by atoms with van der Waals surface area (Å²) in [6.07, 6.45) is 0. The Bertz CT molecular complexity index is 1340. The van der Waals surface area contributed by atoms with Crippen LogP contribution in [0.4, 0.5) is 5.88 Å². The Morgan fingerprint density at radius 2 is 1.88 bits per heavy atom. The summed E-state index contributed by atoms with van der Waals surface area (Å²) in [6.45, 7) is 7.36. The highest BCUT2D eigenvalue weighted by atomic mass is 32.1. The molecule has 0 radical (unpaired) electrons. The molecule has 2 aromatic heterocycles. The van der Waals surface area contributed by atoms with E-state index in [-0.39, 0.29) is 18.1 Å². The van der Waals surface area contributed by atoms with E-state index in [0.717, 1.165) is 26.9 Å². The molecule has 0 atom stereocenters. The van der Waals surface area contributed by atoms with Crippen molar-refractivity contribution in [3.8, 4) is 16.3 Å². The topological polar surface area (TPSA) is 90.7 Å². The highest BCUT2D eigenvalue weighted by Crippen LogP contribution is 2.40. The van der Waals surface area contributed by atoms with E-state index in [1.54, 1.807) is 6.92 Å². The predicted octanol–water partition coefficient (Wildman–Crippen LogP) is 5.59. The molecule has 8 heteroatoms. The number of hydrogen-bond acceptors (Lipinski definition) is 7. The molecule has 1 amide bonds. The number of benzene rings is 2. The number of methoxy groups -OCH3 is 1. The van der Waals surface area contributed by atoms with E-state index in [2.05, 4.69) is 16.4 Å². The number of thiazole rings is 1. The van der Waals surface area contributed by atoms with Crippen LogP contribution in [0.1, 0.15) is 32.8 Å². The fraction of sp³-hybridized carbons (Fsp3) is 0.240. The summed E-state index contributed by atoms with van der Waals surface area (Å²) >= 11 is 1.40. The molecular formula is C25H24N2O5S. The Morgan fingerprint density at radius 1 is 1.12 bits per heavy atom. The lowest BCUT2D eigenvalue weighted by Crippen LogP contribution is -2.20. The van der Waals surface area contributed by atoms with Crippen LogP contribution in [0.15, 0.2) is 40.8 Å². The largest absolute Gasteiger partial charge is 0.483 e. The molecule has 0 saturated heterocycles. The van der Waals surface area contributed by atoms with Crippen LogP contribution in [0.3, 0.4) is 0 Å². The molecule has 0 aliphatic rings. The van der Waals surface area contributed by atoms with Gasteiger partial charge in [0.1, 0.15) is 22.1 Å². The number of nitrogens with one attached hydrogen (secondary N) is 1. The normalized spacial score (nSPS) is 10.9. The predicted molar refractivity (Wildman–Crippen MR) is 128 cm³/mol. The molecule has 7 nitrogen and oxygen atoms in total. The van der Waals surface area contributed by atoms with E-state index in [1.807, 2.05) is 51.1 Å². The van der Waals surface area contributed by atoms with Gasteiger partial charge in [-0.25, -0.2) is 9.78 Å². The van der Waals surface area contributed by atoms with Gasteiger partial charge in [0.15, 0.2) is 6.61 Å². The fourth-order valence-electron chi connectivity index (χ4n) is 3.62. The number of furan rings is 1. The SMILES string of the molecule is COC(=O)c1c(C)oc(NC(=O)COc2cc(C)cc(C)c2C)c1-c1nc2ccccc2s1. The second kappa shape index (κ2) is 9.07. The van der Waals surface area contributed by atoms with Crippen LogP contribution in [0.25, 0.3) is 20.8 Å². The number of anilines is 1. The average molecular weight is 465 g/mol. The van der Waals surface area contributed by atoms with E-state index in [9.17, 15) is 9.59 Å². The van der Waals surface area contributed by atoms with Crippen LogP contribution in [0, 0.1) is 27.7 Å². The highest BCUT2D eigenvalue weighted by molar-refractivity contribution is 7.21. The number of carbonyl (C=O) groups is 2. The molecule has 4 rings (SSSR count). The van der Waals surface area contributed by atoms with Gasteiger partial charge in [-0.1, -0.05) is 18.2 Å². The van der Waals surface area contributed by atoms with Crippen LogP contribution in [-0.2, 0) is 9.53 Å². The lowest BCUT2D eigenvalue weighted by atomic mass is 10.1. The Hall–Kier alpha value is -3.65. The van der Waals surface area contributed by atoms with Crippen molar-refractivity contribution in [1.82, 2.24) is 4.98 Å². The molecule has 0 spiro atoms. The standard InChI is InChI=1S/C25H24N2O5S/c1-13-10-14(2)15(3)18(11-13)31-12-20(28)27-23-22(21(16(4)32-23)25(29)30-5)24-26-17-8-6-7-9-19(17)33-24/h6-11H,12H2,1-5H3,(H,27,28). The van der Waals surface area contributed by atoms with Gasteiger partial charge in [-0.05, 0) is 62.6 Å². The zero-order valence-electron chi connectivity index (χ0n) is 19.1. The fourth-order valence-corrected chi connectivity index (χ4v) is 4.63. The van der Waals surface area contributed by atoms with Gasteiger partial charge in [-0.2, -0.15) is 0 Å². The van der Waals surface area contributed by atoms with Crippen molar-refractivity contribution in [3.05, 3.63) is 64.4 Å². The Labute approximate surface area is 195 Å². The maximum Gasteiger partial charge on any atom is 0.342 e. The minimum Gasteiger partial charge on any atom is -0.483 e. The second-order valence-electron chi connectivity index (χ2n) is 7.76. The highest BCUT2D eigenvalue weighted by Gasteiger charge is 2.28. The van der Waals surface area contributed by atoms with Crippen molar-refractivity contribution in [1.29, 1.82) is 0 Å². The van der Waals surface area contributed by atoms with Gasteiger partial charge in [0.2, 0.25) is 5.88 Å². The van der Waals surface area contributed by atoms with E-state index in [0.29, 0.717) is 22.1 Å². The molecule has 0 aliphatic heterocycles. The molecule has 1 N–H and O–H groups in total. The van der Waals surface area contributed by atoms with Gasteiger partial charge < -0.3 is 13.9 Å². The van der Waals surface area contributed by atoms with Gasteiger partial charge in [0.05, 0.1) is 22.9 Å². The van der Waals surface area contributed by atoms with Gasteiger partial charge in [-0.15, -0.1) is 11.3 Å². The van der Waals surface area contributed by atoms with Crippen molar-refractivity contribution in [2.45, 2.75) is 27.7 Å². The average Bonchev–Trinajstić information content (AvgIpc) is 3.34. The van der Waals surface area contributed by atoms with E-state index < -0.39 is 11.9 Å². The first-order valence-electron chi connectivity index (χ1n) is 10.4. The monoisotopic (exact) mass is 464 g/mol. The molecule has 2 aromatic carbocycles. The van der Waals surface area contributed by atoms with Crippen LogP contribution in [0.2, 0.25) is 0 Å². The van der Waals surface area contributed by atoms with E-state index in [4.69, 9.17) is 13.9 Å². The number of para-hydroxylation sites is 1. The number of aryl methyl sites for hydroxylation is 3. The summed E-state index contributed by atoms with van der Waals surface area (Å²) in [5, 5.41) is 3.29. The third-order valence-corrected chi connectivity index (χ3v) is 6.41.